The molecule has 0 unspecified atom stereocenters. The second-order valence-electron chi connectivity index (χ2n) is 6.75. The molecular weight excluding hydrogens is 376 g/mol. The molecular formula is C26H20O4. The van der Waals surface area contributed by atoms with Crippen molar-refractivity contribution in [3.05, 3.63) is 103 Å². The highest BCUT2D eigenvalue weighted by Crippen LogP contribution is 2.45. The lowest BCUT2D eigenvalue weighted by molar-refractivity contribution is -0.129. The molecule has 4 heteroatoms. The van der Waals surface area contributed by atoms with E-state index < -0.39 is 5.97 Å². The molecule has 0 bridgehead atoms. The van der Waals surface area contributed by atoms with Crippen molar-refractivity contribution in [3.8, 4) is 28.7 Å². The van der Waals surface area contributed by atoms with Crippen molar-refractivity contribution >= 4 is 16.7 Å². The first kappa shape index (κ1) is 19.3. The van der Waals surface area contributed by atoms with E-state index in [0.29, 0.717) is 34.3 Å². The summed E-state index contributed by atoms with van der Waals surface area (Å²) in [6.07, 6.45) is 0. The molecule has 0 radical (unpaired) electrons. The number of esters is 1. The highest BCUT2D eigenvalue weighted by Gasteiger charge is 2.19. The summed E-state index contributed by atoms with van der Waals surface area (Å²) in [6, 6.07) is 28.1. The van der Waals surface area contributed by atoms with Gasteiger partial charge >= 0.3 is 5.97 Å². The van der Waals surface area contributed by atoms with Crippen molar-refractivity contribution in [3.63, 3.8) is 0 Å². The normalized spacial score (nSPS) is 10.4. The van der Waals surface area contributed by atoms with Gasteiger partial charge in [-0.1, -0.05) is 67.2 Å². The van der Waals surface area contributed by atoms with E-state index in [4.69, 9.17) is 14.2 Å². The van der Waals surface area contributed by atoms with E-state index in [9.17, 15) is 4.79 Å². The van der Waals surface area contributed by atoms with E-state index in [1.807, 2.05) is 84.9 Å². The van der Waals surface area contributed by atoms with Gasteiger partial charge in [-0.3, -0.25) is 0 Å². The Morgan fingerprint density at radius 2 is 1.23 bits per heavy atom. The Balaban J connectivity index is 1.88. The minimum absolute atomic E-state index is 0.314. The number of rotatable bonds is 6. The third kappa shape index (κ3) is 4.18. The topological polar surface area (TPSA) is 44.8 Å². The predicted octanol–water partition coefficient (Wildman–Crippen LogP) is 6.91. The summed E-state index contributed by atoms with van der Waals surface area (Å²) in [5, 5.41) is 1.50. The second kappa shape index (κ2) is 8.53. The molecule has 0 aliphatic carbocycles. The molecule has 4 aromatic carbocycles. The Bertz CT molecular complexity index is 1200. The van der Waals surface area contributed by atoms with Gasteiger partial charge in [-0.05, 0) is 31.2 Å². The van der Waals surface area contributed by atoms with E-state index >= 15 is 0 Å². The van der Waals surface area contributed by atoms with Crippen LogP contribution in [0.1, 0.15) is 6.92 Å². The largest absolute Gasteiger partial charge is 0.453 e. The molecule has 0 spiro atoms. The number of carbonyl (C=O) groups is 1. The van der Waals surface area contributed by atoms with Gasteiger partial charge in [-0.2, -0.15) is 0 Å². The Labute approximate surface area is 174 Å². The van der Waals surface area contributed by atoms with Gasteiger partial charge in [0.2, 0.25) is 0 Å². The molecule has 0 aliphatic heterocycles. The maximum atomic E-state index is 12.2. The molecule has 0 saturated heterocycles. The number of ether oxygens (including phenoxy) is 3. The summed E-state index contributed by atoms with van der Waals surface area (Å²) in [4.78, 5) is 12.2. The molecule has 148 valence electrons. The zero-order valence-corrected chi connectivity index (χ0v) is 16.5. The highest BCUT2D eigenvalue weighted by molar-refractivity contribution is 5.99. The molecule has 30 heavy (non-hydrogen) atoms. The third-order valence-corrected chi connectivity index (χ3v) is 4.41. The summed E-state index contributed by atoms with van der Waals surface area (Å²) in [5.74, 6) is 2.17. The van der Waals surface area contributed by atoms with Gasteiger partial charge in [0.1, 0.15) is 17.2 Å². The van der Waals surface area contributed by atoms with Gasteiger partial charge in [-0.15, -0.1) is 0 Å². The number of fused-ring (bicyclic) bond motifs is 1. The fourth-order valence-corrected chi connectivity index (χ4v) is 2.97. The van der Waals surface area contributed by atoms with Crippen molar-refractivity contribution in [2.45, 2.75) is 6.92 Å². The average Bonchev–Trinajstić information content (AvgIpc) is 2.77. The van der Waals surface area contributed by atoms with Crippen LogP contribution in [-0.2, 0) is 4.79 Å². The zero-order valence-electron chi connectivity index (χ0n) is 16.5. The van der Waals surface area contributed by atoms with Crippen LogP contribution in [0.3, 0.4) is 0 Å². The monoisotopic (exact) mass is 396 g/mol. The van der Waals surface area contributed by atoms with Crippen molar-refractivity contribution in [1.82, 2.24) is 0 Å². The number of hydrogen-bond acceptors (Lipinski definition) is 4. The summed E-state index contributed by atoms with van der Waals surface area (Å²) >= 11 is 0. The molecule has 0 N–H and O–H groups in total. The van der Waals surface area contributed by atoms with Gasteiger partial charge < -0.3 is 14.2 Å². The lowest BCUT2D eigenvalue weighted by atomic mass is 10.1. The van der Waals surface area contributed by atoms with Crippen molar-refractivity contribution in [2.24, 2.45) is 0 Å². The van der Waals surface area contributed by atoms with E-state index in [2.05, 4.69) is 6.58 Å². The SMILES string of the molecule is C=C(C)C(=O)Oc1cc(Oc2ccccc2)c(Oc2ccccc2)c2ccccc12. The molecule has 0 aliphatic rings. The van der Waals surface area contributed by atoms with E-state index in [-0.39, 0.29) is 0 Å². The predicted molar refractivity (Wildman–Crippen MR) is 117 cm³/mol. The van der Waals surface area contributed by atoms with Crippen molar-refractivity contribution in [1.29, 1.82) is 0 Å². The first-order chi connectivity index (χ1) is 14.6. The number of benzene rings is 4. The van der Waals surface area contributed by atoms with Gasteiger partial charge in [0, 0.05) is 22.4 Å². The smallest absolute Gasteiger partial charge is 0.338 e. The van der Waals surface area contributed by atoms with Crippen molar-refractivity contribution < 1.29 is 19.0 Å². The van der Waals surface area contributed by atoms with Crippen molar-refractivity contribution in [2.75, 3.05) is 0 Å². The number of para-hydroxylation sites is 2. The molecule has 4 rings (SSSR count). The van der Waals surface area contributed by atoms with Crippen LogP contribution < -0.4 is 14.2 Å². The van der Waals surface area contributed by atoms with Gasteiger partial charge in [0.25, 0.3) is 0 Å². The van der Waals surface area contributed by atoms with Crippen LogP contribution in [-0.4, -0.2) is 5.97 Å². The Morgan fingerprint density at radius 1 is 0.700 bits per heavy atom. The minimum atomic E-state index is -0.498. The molecule has 0 fully saturated rings. The Kier molecular flexibility index (Phi) is 5.48. The highest BCUT2D eigenvalue weighted by atomic mass is 16.5. The molecule has 0 atom stereocenters. The fraction of sp³-hybridized carbons (Fsp3) is 0.0385. The fourth-order valence-electron chi connectivity index (χ4n) is 2.97. The average molecular weight is 396 g/mol. The van der Waals surface area contributed by atoms with Gasteiger partial charge in [0.15, 0.2) is 11.5 Å². The number of hydrogen-bond donors (Lipinski definition) is 0. The van der Waals surface area contributed by atoms with E-state index in [1.165, 1.54) is 0 Å². The van der Waals surface area contributed by atoms with Crippen LogP contribution in [0, 0.1) is 0 Å². The van der Waals surface area contributed by atoms with Crippen LogP contribution in [0.5, 0.6) is 28.7 Å². The van der Waals surface area contributed by atoms with Crippen LogP contribution in [0.4, 0.5) is 0 Å². The van der Waals surface area contributed by atoms with E-state index in [0.717, 1.165) is 10.8 Å². The van der Waals surface area contributed by atoms with Crippen LogP contribution in [0.15, 0.2) is 103 Å². The number of carbonyl (C=O) groups excluding carboxylic acids is 1. The molecule has 0 aromatic heterocycles. The van der Waals surface area contributed by atoms with Gasteiger partial charge in [0.05, 0.1) is 0 Å². The van der Waals surface area contributed by atoms with Gasteiger partial charge in [-0.25, -0.2) is 4.79 Å². The third-order valence-electron chi connectivity index (χ3n) is 4.41. The Hall–Kier alpha value is -4.05. The Morgan fingerprint density at radius 3 is 1.83 bits per heavy atom. The second-order valence-corrected chi connectivity index (χ2v) is 6.75. The summed E-state index contributed by atoms with van der Waals surface area (Å²) in [6.45, 7) is 5.27. The summed E-state index contributed by atoms with van der Waals surface area (Å²) in [5.41, 5.74) is 0.314. The quantitative estimate of drug-likeness (QED) is 0.202. The standard InChI is InChI=1S/C26H20O4/c1-18(2)26(27)30-23-17-24(28-19-11-5-3-6-12-19)25(22-16-10-9-15-21(22)23)29-20-13-7-4-8-14-20/h3-17H,1H2,2H3. The lowest BCUT2D eigenvalue weighted by Crippen LogP contribution is -2.08. The minimum Gasteiger partial charge on any atom is -0.453 e. The van der Waals surface area contributed by atoms with Crippen LogP contribution in [0.2, 0.25) is 0 Å². The first-order valence-electron chi connectivity index (χ1n) is 9.51. The summed E-state index contributed by atoms with van der Waals surface area (Å²) < 4.78 is 18.0. The summed E-state index contributed by atoms with van der Waals surface area (Å²) in [7, 11) is 0. The maximum Gasteiger partial charge on any atom is 0.338 e. The molecule has 0 heterocycles. The first-order valence-corrected chi connectivity index (χ1v) is 9.51. The zero-order chi connectivity index (χ0) is 20.9. The van der Waals surface area contributed by atoms with E-state index in [1.54, 1.807) is 13.0 Å². The lowest BCUT2D eigenvalue weighted by Gasteiger charge is -2.17. The molecule has 4 nitrogen and oxygen atoms in total. The maximum absolute atomic E-state index is 12.2. The van der Waals surface area contributed by atoms with Crippen LogP contribution >= 0.6 is 0 Å². The molecule has 0 saturated carbocycles. The van der Waals surface area contributed by atoms with Crippen LogP contribution in [0.25, 0.3) is 10.8 Å². The molecule has 4 aromatic rings. The molecule has 0 amide bonds.